The second kappa shape index (κ2) is 3.05. The maximum Gasteiger partial charge on any atom is 0.244 e. The maximum atomic E-state index is 13.9. The Balaban J connectivity index is 2.41. The number of aliphatic hydroxyl groups excluding tert-OH is 1. The molecule has 2 aromatic rings. The molecule has 0 fully saturated rings. The lowest BCUT2D eigenvalue weighted by Crippen LogP contribution is -2.24. The summed E-state index contributed by atoms with van der Waals surface area (Å²) in [5.74, 6) is -0.804. The van der Waals surface area contributed by atoms with Crippen LogP contribution in [-0.2, 0) is 17.9 Å². The van der Waals surface area contributed by atoms with Gasteiger partial charge < -0.3 is 15.0 Å². The van der Waals surface area contributed by atoms with Crippen molar-refractivity contribution in [2.75, 3.05) is 5.32 Å². The van der Waals surface area contributed by atoms with Crippen molar-refractivity contribution in [1.29, 1.82) is 0 Å². The number of rotatable bonds is 1. The summed E-state index contributed by atoms with van der Waals surface area (Å²) in [7, 11) is 0. The predicted molar refractivity (Wildman–Crippen MR) is 56.4 cm³/mol. The zero-order chi connectivity index (χ0) is 11.3. The van der Waals surface area contributed by atoms with Gasteiger partial charge >= 0.3 is 0 Å². The number of aromatic nitrogens is 1. The molecule has 1 amide bonds. The summed E-state index contributed by atoms with van der Waals surface area (Å²) in [6.45, 7) is -0.176. The number of nitrogens with one attached hydrogen (secondary N) is 1. The Hall–Kier alpha value is -1.88. The van der Waals surface area contributed by atoms with Crippen LogP contribution in [0.4, 0.5) is 10.1 Å². The van der Waals surface area contributed by atoms with Crippen LogP contribution in [-0.4, -0.2) is 15.6 Å². The Morgan fingerprint density at radius 2 is 2.38 bits per heavy atom. The molecule has 2 N–H and O–H groups in total. The first-order valence-corrected chi connectivity index (χ1v) is 4.91. The molecule has 4 nitrogen and oxygen atoms in total. The molecule has 0 aliphatic carbocycles. The largest absolute Gasteiger partial charge is 0.392 e. The fraction of sp³-hybridized carbons (Fsp3) is 0.182. The van der Waals surface area contributed by atoms with E-state index in [1.807, 2.05) is 0 Å². The first-order chi connectivity index (χ1) is 7.70. The van der Waals surface area contributed by atoms with Crippen molar-refractivity contribution in [1.82, 2.24) is 4.57 Å². The number of carbonyl (C=O) groups excluding carboxylic acids is 1. The fourth-order valence-electron chi connectivity index (χ4n) is 2.10. The van der Waals surface area contributed by atoms with E-state index in [0.717, 1.165) is 5.39 Å². The molecule has 3 rings (SSSR count). The van der Waals surface area contributed by atoms with Crippen LogP contribution >= 0.6 is 0 Å². The summed E-state index contributed by atoms with van der Waals surface area (Å²) >= 11 is 0. The number of carbonyl (C=O) groups is 1. The zero-order valence-corrected chi connectivity index (χ0v) is 8.33. The molecule has 0 unspecified atom stereocenters. The second-order valence-electron chi connectivity index (χ2n) is 3.81. The monoisotopic (exact) mass is 220 g/mol. The van der Waals surface area contributed by atoms with Crippen molar-refractivity contribution < 1.29 is 14.3 Å². The lowest BCUT2D eigenvalue weighted by Gasteiger charge is -2.18. The van der Waals surface area contributed by atoms with Crippen LogP contribution in [0.1, 0.15) is 5.56 Å². The van der Waals surface area contributed by atoms with Crippen molar-refractivity contribution >= 4 is 22.5 Å². The highest BCUT2D eigenvalue weighted by atomic mass is 19.1. The molecule has 16 heavy (non-hydrogen) atoms. The Labute approximate surface area is 90.3 Å². The van der Waals surface area contributed by atoms with E-state index in [1.165, 1.54) is 0 Å². The molecule has 0 bridgehead atoms. The number of anilines is 1. The zero-order valence-electron chi connectivity index (χ0n) is 8.33. The Kier molecular flexibility index (Phi) is 1.79. The van der Waals surface area contributed by atoms with Crippen molar-refractivity contribution in [3.05, 3.63) is 29.7 Å². The molecule has 0 spiro atoms. The smallest absolute Gasteiger partial charge is 0.244 e. The van der Waals surface area contributed by atoms with E-state index in [1.54, 1.807) is 22.9 Å². The van der Waals surface area contributed by atoms with Gasteiger partial charge in [0.25, 0.3) is 0 Å². The number of hydrogen-bond acceptors (Lipinski definition) is 2. The summed E-state index contributed by atoms with van der Waals surface area (Å²) in [5.41, 5.74) is 1.04. The SMILES string of the molecule is O=C1Cn2ccc3cc(CO)c(F)c(c32)N1. The highest BCUT2D eigenvalue weighted by Gasteiger charge is 2.22. The van der Waals surface area contributed by atoms with Gasteiger partial charge in [0, 0.05) is 17.1 Å². The van der Waals surface area contributed by atoms with E-state index < -0.39 is 5.82 Å². The summed E-state index contributed by atoms with van der Waals surface area (Å²) in [4.78, 5) is 11.4. The van der Waals surface area contributed by atoms with Gasteiger partial charge in [-0.25, -0.2) is 4.39 Å². The molecule has 0 saturated carbocycles. The minimum Gasteiger partial charge on any atom is -0.392 e. The van der Waals surface area contributed by atoms with E-state index >= 15 is 0 Å². The Morgan fingerprint density at radius 1 is 1.56 bits per heavy atom. The fourth-order valence-corrected chi connectivity index (χ4v) is 2.10. The highest BCUT2D eigenvalue weighted by molar-refractivity contribution is 6.05. The van der Waals surface area contributed by atoms with Gasteiger partial charge in [0.15, 0.2) is 5.82 Å². The van der Waals surface area contributed by atoms with Gasteiger partial charge in [-0.2, -0.15) is 0 Å². The average molecular weight is 220 g/mol. The van der Waals surface area contributed by atoms with Gasteiger partial charge in [-0.1, -0.05) is 0 Å². The predicted octanol–water partition coefficient (Wildman–Crippen LogP) is 1.22. The molecule has 1 aliphatic rings. The standard InChI is InChI=1S/C11H9FN2O2/c12-9-7(5-15)3-6-1-2-14-4-8(16)13-10(9)11(6)14/h1-3,15H,4-5H2,(H,13,16). The van der Waals surface area contributed by atoms with Crippen LogP contribution in [0.15, 0.2) is 18.3 Å². The number of aliphatic hydroxyl groups is 1. The van der Waals surface area contributed by atoms with Crippen LogP contribution < -0.4 is 5.32 Å². The Bertz CT molecular complexity index is 604. The number of benzene rings is 1. The molecule has 1 aromatic heterocycles. The van der Waals surface area contributed by atoms with Gasteiger partial charge in [0.2, 0.25) is 5.91 Å². The molecular formula is C11H9FN2O2. The van der Waals surface area contributed by atoms with Gasteiger partial charge in [-0.15, -0.1) is 0 Å². The third-order valence-electron chi connectivity index (χ3n) is 2.81. The number of hydrogen-bond donors (Lipinski definition) is 2. The molecule has 1 aliphatic heterocycles. The van der Waals surface area contributed by atoms with Crippen LogP contribution in [0.25, 0.3) is 10.9 Å². The summed E-state index contributed by atoms with van der Waals surface area (Å²) < 4.78 is 15.6. The topological polar surface area (TPSA) is 54.3 Å². The molecule has 1 aromatic carbocycles. The number of amides is 1. The molecule has 0 saturated heterocycles. The lowest BCUT2D eigenvalue weighted by atomic mass is 10.1. The van der Waals surface area contributed by atoms with Crippen molar-refractivity contribution in [3.63, 3.8) is 0 Å². The van der Waals surface area contributed by atoms with Crippen LogP contribution in [0.2, 0.25) is 0 Å². The molecular weight excluding hydrogens is 211 g/mol. The van der Waals surface area contributed by atoms with Crippen LogP contribution in [0.5, 0.6) is 0 Å². The van der Waals surface area contributed by atoms with Crippen molar-refractivity contribution in [3.8, 4) is 0 Å². The van der Waals surface area contributed by atoms with Crippen LogP contribution in [0.3, 0.4) is 0 Å². The first-order valence-electron chi connectivity index (χ1n) is 4.91. The van der Waals surface area contributed by atoms with Crippen molar-refractivity contribution in [2.24, 2.45) is 0 Å². The van der Waals surface area contributed by atoms with Gasteiger partial charge in [0.1, 0.15) is 12.2 Å². The molecule has 0 atom stereocenters. The second-order valence-corrected chi connectivity index (χ2v) is 3.81. The maximum absolute atomic E-state index is 13.9. The molecule has 5 heteroatoms. The molecule has 82 valence electrons. The summed E-state index contributed by atoms with van der Waals surface area (Å²) in [6, 6.07) is 3.40. The van der Waals surface area contributed by atoms with Gasteiger partial charge in [-0.3, -0.25) is 4.79 Å². The van der Waals surface area contributed by atoms with Gasteiger partial charge in [0.05, 0.1) is 12.1 Å². The quantitative estimate of drug-likeness (QED) is 0.759. The minimum atomic E-state index is -0.553. The van der Waals surface area contributed by atoms with Gasteiger partial charge in [-0.05, 0) is 12.1 Å². The minimum absolute atomic E-state index is 0.169. The van der Waals surface area contributed by atoms with E-state index in [-0.39, 0.29) is 30.3 Å². The van der Waals surface area contributed by atoms with E-state index in [2.05, 4.69) is 5.32 Å². The summed E-state index contributed by atoms with van der Waals surface area (Å²) in [5, 5.41) is 12.4. The molecule has 2 heterocycles. The first kappa shape index (κ1) is 9.35. The lowest BCUT2D eigenvalue weighted by molar-refractivity contribution is -0.116. The average Bonchev–Trinajstić information content (AvgIpc) is 2.66. The third-order valence-corrected chi connectivity index (χ3v) is 2.81. The third kappa shape index (κ3) is 1.09. The molecule has 0 radical (unpaired) electrons. The summed E-state index contributed by atoms with van der Waals surface area (Å²) in [6.07, 6.45) is 1.74. The number of halogens is 1. The van der Waals surface area contributed by atoms with E-state index in [9.17, 15) is 9.18 Å². The Morgan fingerprint density at radius 3 is 3.12 bits per heavy atom. The van der Waals surface area contributed by atoms with Crippen molar-refractivity contribution in [2.45, 2.75) is 13.2 Å². The number of nitrogens with zero attached hydrogens (tertiary/aromatic N) is 1. The van der Waals surface area contributed by atoms with Crippen LogP contribution in [0, 0.1) is 5.82 Å². The normalized spacial score (nSPS) is 14.2. The van der Waals surface area contributed by atoms with E-state index in [4.69, 9.17) is 5.11 Å². The highest BCUT2D eigenvalue weighted by Crippen LogP contribution is 2.32. The van der Waals surface area contributed by atoms with E-state index in [0.29, 0.717) is 5.52 Å².